The van der Waals surface area contributed by atoms with Crippen LogP contribution < -0.4 is 15.3 Å². The molecule has 0 radical (unpaired) electrons. The molecule has 6 rings (SSSR count). The van der Waals surface area contributed by atoms with E-state index >= 15 is 0 Å². The van der Waals surface area contributed by atoms with Gasteiger partial charge in [0.1, 0.15) is 48.6 Å². The van der Waals surface area contributed by atoms with Crippen molar-refractivity contribution in [2.45, 2.75) is 57.1 Å². The van der Waals surface area contributed by atoms with Crippen LogP contribution in [-0.2, 0) is 30.0 Å². The number of esters is 1. The number of rotatable bonds is 11. The van der Waals surface area contributed by atoms with Gasteiger partial charge in [0.05, 0.1) is 12.4 Å². The van der Waals surface area contributed by atoms with Crippen LogP contribution in [0.4, 0.5) is 5.82 Å². The van der Waals surface area contributed by atoms with Crippen molar-refractivity contribution in [3.8, 4) is 5.75 Å². The first-order valence-corrected chi connectivity index (χ1v) is 16.1. The maximum Gasteiger partial charge on any atom is 0.459 e. The fraction of sp³-hybridized carbons (Fsp3) is 0.290. The monoisotopic (exact) mass is 648 g/mol. The highest BCUT2D eigenvalue weighted by molar-refractivity contribution is 7.52. The zero-order valence-corrected chi connectivity index (χ0v) is 25.8. The molecule has 5 N–H and O–H groups in total. The quantitative estimate of drug-likeness (QED) is 0.120. The maximum atomic E-state index is 14.5. The van der Waals surface area contributed by atoms with E-state index in [4.69, 9.17) is 24.3 Å². The minimum absolute atomic E-state index is 0.0122. The topological polar surface area (TPSA) is 193 Å². The number of hydrogen-bond donors (Lipinski definition) is 4. The number of aliphatic hydroxyl groups is 2. The van der Waals surface area contributed by atoms with Crippen LogP contribution in [-0.4, -0.2) is 66.2 Å². The number of fused-ring (bicyclic) bond motifs is 2. The molecular weight excluding hydrogens is 615 g/mol. The summed E-state index contributed by atoms with van der Waals surface area (Å²) in [6, 6.07) is 20.6. The van der Waals surface area contributed by atoms with Crippen molar-refractivity contribution < 1.29 is 38.1 Å². The van der Waals surface area contributed by atoms with Gasteiger partial charge in [0.15, 0.2) is 17.7 Å². The number of nitrogens with one attached hydrogen (secondary N) is 1. The average molecular weight is 649 g/mol. The first kappa shape index (κ1) is 31.5. The van der Waals surface area contributed by atoms with Gasteiger partial charge < -0.3 is 29.9 Å². The standard InChI is InChI=1S/C31H33N6O8P/c1-18(31(40)42-15-20-9-4-3-5-10-20)36-46(41,45-23-14-8-12-21-11-6-7-13-22(21)23)44-19(2)27-25(38)26(39)30(43-27)37-17-35-24-28(32)33-16-34-29(24)37/h3-14,16-19,25-27,30,38-39H,15H2,1-2H3,(H,36,41)(H2,32,33,34)/t18?,19?,25?,26?,27-,30-,46?/m1/s1. The summed E-state index contributed by atoms with van der Waals surface area (Å²) in [6.45, 7) is 2.99. The van der Waals surface area contributed by atoms with Crippen LogP contribution >= 0.6 is 7.75 Å². The van der Waals surface area contributed by atoms with Crippen molar-refractivity contribution in [1.29, 1.82) is 0 Å². The van der Waals surface area contributed by atoms with Crippen molar-refractivity contribution in [3.05, 3.63) is 91.0 Å². The molecule has 2 aromatic heterocycles. The Morgan fingerprint density at radius 3 is 2.57 bits per heavy atom. The van der Waals surface area contributed by atoms with Crippen LogP contribution in [0.3, 0.4) is 0 Å². The number of hydrogen-bond acceptors (Lipinski definition) is 12. The molecule has 15 heteroatoms. The fourth-order valence-corrected chi connectivity index (χ4v) is 6.98. The molecule has 1 fully saturated rings. The lowest BCUT2D eigenvalue weighted by Gasteiger charge is -2.29. The first-order chi connectivity index (χ1) is 22.1. The zero-order valence-electron chi connectivity index (χ0n) is 24.9. The third kappa shape index (κ3) is 6.44. The largest absolute Gasteiger partial charge is 0.460 e. The van der Waals surface area contributed by atoms with E-state index in [2.05, 4.69) is 20.0 Å². The fourth-order valence-electron chi connectivity index (χ4n) is 5.27. The van der Waals surface area contributed by atoms with Crippen molar-refractivity contribution in [2.75, 3.05) is 5.73 Å². The summed E-state index contributed by atoms with van der Waals surface area (Å²) in [5, 5.41) is 26.2. The second kappa shape index (κ2) is 13.1. The molecule has 3 heterocycles. The molecule has 240 valence electrons. The summed E-state index contributed by atoms with van der Waals surface area (Å²) in [7, 11) is -4.41. The number of benzene rings is 3. The minimum Gasteiger partial charge on any atom is -0.460 e. The minimum atomic E-state index is -4.41. The highest BCUT2D eigenvalue weighted by atomic mass is 31.2. The SMILES string of the molecule is CC(NP(=O)(Oc1cccc2ccccc12)OC(C)[C@H]1O[C@@H](n2cnc3c(N)ncnc32)C(O)C1O)C(=O)OCc1ccccc1. The number of imidazole rings is 1. The third-order valence-electron chi connectivity index (χ3n) is 7.60. The molecule has 46 heavy (non-hydrogen) atoms. The second-order valence-electron chi connectivity index (χ2n) is 10.9. The van der Waals surface area contributed by atoms with Gasteiger partial charge in [0, 0.05) is 5.39 Å². The summed E-state index contributed by atoms with van der Waals surface area (Å²) in [5.74, 6) is -0.319. The van der Waals surface area contributed by atoms with Crippen LogP contribution in [0.1, 0.15) is 25.6 Å². The predicted octanol–water partition coefficient (Wildman–Crippen LogP) is 3.49. The molecule has 0 amide bonds. The van der Waals surface area contributed by atoms with Crippen LogP contribution in [0.5, 0.6) is 5.75 Å². The summed E-state index contributed by atoms with van der Waals surface area (Å²) in [5.41, 5.74) is 7.26. The summed E-state index contributed by atoms with van der Waals surface area (Å²) in [6.07, 6.45) is -3.77. The number of aromatic nitrogens is 4. The van der Waals surface area contributed by atoms with Gasteiger partial charge in [-0.15, -0.1) is 0 Å². The Morgan fingerprint density at radius 1 is 1.02 bits per heavy atom. The average Bonchev–Trinajstić information content (AvgIpc) is 3.61. The molecular formula is C31H33N6O8P. The van der Waals surface area contributed by atoms with Crippen molar-refractivity contribution >= 4 is 41.5 Å². The van der Waals surface area contributed by atoms with E-state index in [1.165, 1.54) is 31.1 Å². The van der Waals surface area contributed by atoms with Crippen molar-refractivity contribution in [2.24, 2.45) is 0 Å². The Bertz CT molecular complexity index is 1890. The van der Waals surface area contributed by atoms with Gasteiger partial charge in [-0.25, -0.2) is 19.5 Å². The number of ether oxygens (including phenoxy) is 2. The molecule has 7 atom stereocenters. The lowest BCUT2D eigenvalue weighted by atomic mass is 10.1. The normalized spacial score (nSPS) is 22.3. The number of aliphatic hydroxyl groups excluding tert-OH is 2. The van der Waals surface area contributed by atoms with E-state index in [0.717, 1.165) is 10.9 Å². The third-order valence-corrected chi connectivity index (χ3v) is 9.35. The molecule has 0 aliphatic carbocycles. The lowest BCUT2D eigenvalue weighted by Crippen LogP contribution is -2.41. The molecule has 1 aliphatic heterocycles. The van der Waals surface area contributed by atoms with Gasteiger partial charge in [-0.2, -0.15) is 5.09 Å². The first-order valence-electron chi connectivity index (χ1n) is 14.5. The van der Waals surface area contributed by atoms with Crippen molar-refractivity contribution in [3.63, 3.8) is 0 Å². The van der Waals surface area contributed by atoms with Crippen LogP contribution in [0.25, 0.3) is 21.9 Å². The summed E-state index contributed by atoms with van der Waals surface area (Å²) < 4.78 is 39.4. The highest BCUT2D eigenvalue weighted by Crippen LogP contribution is 2.49. The number of nitrogens with two attached hydrogens (primary N) is 1. The number of anilines is 1. The molecule has 5 unspecified atom stereocenters. The number of nitrogens with zero attached hydrogens (tertiary/aromatic N) is 4. The summed E-state index contributed by atoms with van der Waals surface area (Å²) in [4.78, 5) is 25.2. The zero-order chi connectivity index (χ0) is 32.4. The maximum absolute atomic E-state index is 14.5. The predicted molar refractivity (Wildman–Crippen MR) is 167 cm³/mol. The van der Waals surface area contributed by atoms with Gasteiger partial charge in [-0.05, 0) is 30.9 Å². The Kier molecular flexibility index (Phi) is 9.00. The molecule has 3 aromatic carbocycles. The van der Waals surface area contributed by atoms with E-state index in [0.29, 0.717) is 10.9 Å². The smallest absolute Gasteiger partial charge is 0.459 e. The molecule has 1 saturated heterocycles. The number of carbonyl (C=O) groups is 1. The molecule has 0 saturated carbocycles. The molecule has 0 spiro atoms. The molecule has 0 bridgehead atoms. The number of nitrogen functional groups attached to an aromatic ring is 1. The lowest BCUT2D eigenvalue weighted by molar-refractivity contribution is -0.146. The highest BCUT2D eigenvalue weighted by Gasteiger charge is 2.49. The molecule has 5 aromatic rings. The molecule has 1 aliphatic rings. The Morgan fingerprint density at radius 2 is 1.76 bits per heavy atom. The van der Waals surface area contributed by atoms with Gasteiger partial charge in [-0.3, -0.25) is 13.9 Å². The second-order valence-corrected chi connectivity index (χ2v) is 12.5. The van der Waals surface area contributed by atoms with E-state index < -0.39 is 50.4 Å². The number of carbonyl (C=O) groups excluding carboxylic acids is 1. The van der Waals surface area contributed by atoms with Crippen LogP contribution in [0, 0.1) is 0 Å². The van der Waals surface area contributed by atoms with Gasteiger partial charge >= 0.3 is 13.7 Å². The Hall–Kier alpha value is -4.43. The van der Waals surface area contributed by atoms with Crippen LogP contribution in [0.2, 0.25) is 0 Å². The van der Waals surface area contributed by atoms with E-state index in [1.807, 2.05) is 54.6 Å². The molecule has 14 nitrogen and oxygen atoms in total. The van der Waals surface area contributed by atoms with Gasteiger partial charge in [0.2, 0.25) is 0 Å². The Labute approximate surface area is 263 Å². The van der Waals surface area contributed by atoms with E-state index in [9.17, 15) is 19.6 Å². The Balaban J connectivity index is 1.24. The summed E-state index contributed by atoms with van der Waals surface area (Å²) >= 11 is 0. The van der Waals surface area contributed by atoms with E-state index in [-0.39, 0.29) is 23.8 Å². The van der Waals surface area contributed by atoms with E-state index in [1.54, 1.807) is 18.2 Å². The van der Waals surface area contributed by atoms with Crippen molar-refractivity contribution in [1.82, 2.24) is 24.6 Å². The van der Waals surface area contributed by atoms with Crippen LogP contribution in [0.15, 0.2) is 85.5 Å². The van der Waals surface area contributed by atoms with Gasteiger partial charge in [-0.1, -0.05) is 66.7 Å². The van der Waals surface area contributed by atoms with Gasteiger partial charge in [0.25, 0.3) is 0 Å².